The number of nitrogens with one attached hydrogen (secondary N) is 2. The molecule has 1 aromatic heterocycles. The first kappa shape index (κ1) is 13.2. The third-order valence-electron chi connectivity index (χ3n) is 2.91. The molecule has 0 aromatic carbocycles. The van der Waals surface area contributed by atoms with E-state index >= 15 is 0 Å². The molecule has 2 N–H and O–H groups in total. The Morgan fingerprint density at radius 2 is 2.19 bits per heavy atom. The van der Waals surface area contributed by atoms with Gasteiger partial charge in [0, 0.05) is 18.9 Å². The standard InChI is InChI=1S/C13H25N3/c1-4-5-6-7-13(2,3)11-14-10-12-15-8-9-16-12/h8-9,14H,4-7,10-11H2,1-3H3,(H,15,16). The lowest BCUT2D eigenvalue weighted by Crippen LogP contribution is -2.29. The third-order valence-corrected chi connectivity index (χ3v) is 2.91. The van der Waals surface area contributed by atoms with Crippen LogP contribution in [0.15, 0.2) is 12.4 Å². The Hall–Kier alpha value is -0.830. The summed E-state index contributed by atoms with van der Waals surface area (Å²) < 4.78 is 0. The van der Waals surface area contributed by atoms with Crippen molar-refractivity contribution in [2.24, 2.45) is 5.41 Å². The fourth-order valence-corrected chi connectivity index (χ4v) is 1.86. The molecule has 16 heavy (non-hydrogen) atoms. The Kier molecular flexibility index (Phi) is 5.53. The van der Waals surface area contributed by atoms with Gasteiger partial charge < -0.3 is 10.3 Å². The highest BCUT2D eigenvalue weighted by molar-refractivity contribution is 4.86. The summed E-state index contributed by atoms with van der Waals surface area (Å²) in [4.78, 5) is 7.30. The van der Waals surface area contributed by atoms with Crippen LogP contribution in [-0.4, -0.2) is 16.5 Å². The molecule has 0 unspecified atom stereocenters. The molecule has 0 aliphatic carbocycles. The lowest BCUT2D eigenvalue weighted by molar-refractivity contribution is 0.301. The smallest absolute Gasteiger partial charge is 0.120 e. The van der Waals surface area contributed by atoms with E-state index in [0.717, 1.165) is 18.9 Å². The predicted octanol–water partition coefficient (Wildman–Crippen LogP) is 3.11. The highest BCUT2D eigenvalue weighted by Gasteiger charge is 2.16. The van der Waals surface area contributed by atoms with E-state index in [4.69, 9.17) is 0 Å². The van der Waals surface area contributed by atoms with E-state index in [2.05, 4.69) is 36.1 Å². The first-order valence-electron chi connectivity index (χ1n) is 6.33. The van der Waals surface area contributed by atoms with E-state index < -0.39 is 0 Å². The first-order chi connectivity index (χ1) is 7.64. The maximum Gasteiger partial charge on any atom is 0.120 e. The summed E-state index contributed by atoms with van der Waals surface area (Å²) in [5.74, 6) is 1.02. The van der Waals surface area contributed by atoms with Crippen LogP contribution >= 0.6 is 0 Å². The van der Waals surface area contributed by atoms with Crippen molar-refractivity contribution >= 4 is 0 Å². The van der Waals surface area contributed by atoms with Gasteiger partial charge in [0.05, 0.1) is 6.54 Å². The second kappa shape index (κ2) is 6.69. The topological polar surface area (TPSA) is 40.7 Å². The number of nitrogens with zero attached hydrogens (tertiary/aromatic N) is 1. The Balaban J connectivity index is 2.14. The quantitative estimate of drug-likeness (QED) is 0.665. The minimum Gasteiger partial charge on any atom is -0.348 e. The van der Waals surface area contributed by atoms with Gasteiger partial charge in [-0.25, -0.2) is 4.98 Å². The van der Waals surface area contributed by atoms with Gasteiger partial charge in [-0.05, 0) is 11.8 Å². The van der Waals surface area contributed by atoms with Gasteiger partial charge in [-0.15, -0.1) is 0 Å². The molecule has 0 amide bonds. The molecule has 0 aliphatic heterocycles. The van der Waals surface area contributed by atoms with Gasteiger partial charge in [-0.3, -0.25) is 0 Å². The monoisotopic (exact) mass is 223 g/mol. The van der Waals surface area contributed by atoms with Crippen molar-refractivity contribution in [3.05, 3.63) is 18.2 Å². The highest BCUT2D eigenvalue weighted by atomic mass is 15.0. The zero-order valence-corrected chi connectivity index (χ0v) is 10.8. The van der Waals surface area contributed by atoms with E-state index in [1.807, 2.05) is 6.20 Å². The number of unbranched alkanes of at least 4 members (excludes halogenated alkanes) is 2. The van der Waals surface area contributed by atoms with Crippen molar-refractivity contribution < 1.29 is 0 Å². The van der Waals surface area contributed by atoms with Crippen LogP contribution in [0.5, 0.6) is 0 Å². The van der Waals surface area contributed by atoms with E-state index in [0.29, 0.717) is 5.41 Å². The number of rotatable bonds is 8. The summed E-state index contributed by atoms with van der Waals surface area (Å²) in [6.45, 7) is 8.80. The Morgan fingerprint density at radius 1 is 1.38 bits per heavy atom. The Labute approximate surface area is 99.1 Å². The molecule has 0 saturated heterocycles. The molecule has 1 aromatic rings. The van der Waals surface area contributed by atoms with Crippen LogP contribution < -0.4 is 5.32 Å². The average molecular weight is 223 g/mol. The van der Waals surface area contributed by atoms with Crippen LogP contribution in [0.2, 0.25) is 0 Å². The molecule has 0 aliphatic rings. The predicted molar refractivity (Wildman–Crippen MR) is 68.2 cm³/mol. The molecule has 0 radical (unpaired) electrons. The average Bonchev–Trinajstić information content (AvgIpc) is 2.70. The largest absolute Gasteiger partial charge is 0.348 e. The van der Waals surface area contributed by atoms with Crippen molar-refractivity contribution in [1.82, 2.24) is 15.3 Å². The maximum atomic E-state index is 4.19. The molecule has 0 spiro atoms. The van der Waals surface area contributed by atoms with E-state index in [-0.39, 0.29) is 0 Å². The number of H-pyrrole nitrogens is 1. The summed E-state index contributed by atoms with van der Waals surface area (Å²) in [5, 5.41) is 3.46. The van der Waals surface area contributed by atoms with Crippen LogP contribution in [0, 0.1) is 5.41 Å². The molecule has 0 atom stereocenters. The van der Waals surface area contributed by atoms with E-state index in [1.54, 1.807) is 6.20 Å². The molecule has 3 nitrogen and oxygen atoms in total. The van der Waals surface area contributed by atoms with Crippen LogP contribution in [0.3, 0.4) is 0 Å². The molecule has 0 saturated carbocycles. The molecule has 3 heteroatoms. The van der Waals surface area contributed by atoms with Gasteiger partial charge >= 0.3 is 0 Å². The summed E-state index contributed by atoms with van der Waals surface area (Å²) >= 11 is 0. The van der Waals surface area contributed by atoms with Crippen molar-refractivity contribution in [2.75, 3.05) is 6.54 Å². The fourth-order valence-electron chi connectivity index (χ4n) is 1.86. The molecule has 92 valence electrons. The van der Waals surface area contributed by atoms with Gasteiger partial charge in [-0.2, -0.15) is 0 Å². The third kappa shape index (κ3) is 5.31. The maximum absolute atomic E-state index is 4.19. The van der Waals surface area contributed by atoms with Gasteiger partial charge in [0.1, 0.15) is 5.82 Å². The lowest BCUT2D eigenvalue weighted by atomic mass is 9.87. The second-order valence-corrected chi connectivity index (χ2v) is 5.26. The number of aromatic nitrogens is 2. The van der Waals surface area contributed by atoms with Crippen LogP contribution in [0.25, 0.3) is 0 Å². The fraction of sp³-hybridized carbons (Fsp3) is 0.769. The molecule has 0 bridgehead atoms. The normalized spacial score (nSPS) is 11.9. The number of hydrogen-bond donors (Lipinski definition) is 2. The second-order valence-electron chi connectivity index (χ2n) is 5.26. The minimum absolute atomic E-state index is 0.391. The Bertz CT molecular complexity index is 265. The summed E-state index contributed by atoms with van der Waals surface area (Å²) in [6.07, 6.45) is 8.95. The van der Waals surface area contributed by atoms with Gasteiger partial charge in [0.25, 0.3) is 0 Å². The van der Waals surface area contributed by atoms with Gasteiger partial charge in [0.15, 0.2) is 0 Å². The molecular weight excluding hydrogens is 198 g/mol. The van der Waals surface area contributed by atoms with Crippen LogP contribution in [0.4, 0.5) is 0 Å². The molecular formula is C13H25N3. The van der Waals surface area contributed by atoms with E-state index in [9.17, 15) is 0 Å². The van der Waals surface area contributed by atoms with E-state index in [1.165, 1.54) is 25.7 Å². The summed E-state index contributed by atoms with van der Waals surface area (Å²) in [7, 11) is 0. The van der Waals surface area contributed by atoms with Crippen molar-refractivity contribution in [2.45, 2.75) is 53.0 Å². The first-order valence-corrected chi connectivity index (χ1v) is 6.33. The van der Waals surface area contributed by atoms with Gasteiger partial charge in [0.2, 0.25) is 0 Å². The zero-order chi connectivity index (χ0) is 11.9. The van der Waals surface area contributed by atoms with Crippen molar-refractivity contribution in [1.29, 1.82) is 0 Å². The minimum atomic E-state index is 0.391. The highest BCUT2D eigenvalue weighted by Crippen LogP contribution is 2.22. The number of hydrogen-bond acceptors (Lipinski definition) is 2. The molecule has 1 heterocycles. The Morgan fingerprint density at radius 3 is 2.81 bits per heavy atom. The SMILES string of the molecule is CCCCCC(C)(C)CNCc1ncc[nH]1. The van der Waals surface area contributed by atoms with Crippen molar-refractivity contribution in [3.8, 4) is 0 Å². The molecule has 0 fully saturated rings. The molecule has 1 rings (SSSR count). The van der Waals surface area contributed by atoms with Crippen LogP contribution in [0.1, 0.15) is 52.3 Å². The summed E-state index contributed by atoms with van der Waals surface area (Å²) in [5.41, 5.74) is 0.391. The van der Waals surface area contributed by atoms with Crippen LogP contribution in [-0.2, 0) is 6.54 Å². The lowest BCUT2D eigenvalue weighted by Gasteiger charge is -2.24. The van der Waals surface area contributed by atoms with Crippen molar-refractivity contribution in [3.63, 3.8) is 0 Å². The zero-order valence-electron chi connectivity index (χ0n) is 10.8. The number of aromatic amines is 1. The summed E-state index contributed by atoms with van der Waals surface area (Å²) in [6, 6.07) is 0. The van der Waals surface area contributed by atoms with Gasteiger partial charge in [-0.1, -0.05) is 40.0 Å². The number of imidazole rings is 1.